The monoisotopic (exact) mass is 276 g/mol. The maximum absolute atomic E-state index is 8.69. The summed E-state index contributed by atoms with van der Waals surface area (Å²) in [6.45, 7) is 0.981. The molecule has 0 aliphatic heterocycles. The van der Waals surface area contributed by atoms with Crippen molar-refractivity contribution in [2.75, 3.05) is 11.9 Å². The Labute approximate surface area is 126 Å². The average molecular weight is 276 g/mol. The summed E-state index contributed by atoms with van der Waals surface area (Å²) in [4.78, 5) is 0. The SMILES string of the molecule is N#CCc1ccc(NCC2CCCc3ccccc32)cc1. The van der Waals surface area contributed by atoms with Crippen molar-refractivity contribution in [2.24, 2.45) is 0 Å². The van der Waals surface area contributed by atoms with E-state index >= 15 is 0 Å². The van der Waals surface area contributed by atoms with Gasteiger partial charge in [0.25, 0.3) is 0 Å². The normalized spacial score (nSPS) is 16.8. The summed E-state index contributed by atoms with van der Waals surface area (Å²) < 4.78 is 0. The summed E-state index contributed by atoms with van der Waals surface area (Å²) in [5.41, 5.74) is 5.24. The van der Waals surface area contributed by atoms with E-state index < -0.39 is 0 Å². The zero-order chi connectivity index (χ0) is 14.5. The van der Waals surface area contributed by atoms with Crippen molar-refractivity contribution in [3.63, 3.8) is 0 Å². The number of nitrogens with zero attached hydrogens (tertiary/aromatic N) is 1. The molecule has 0 bridgehead atoms. The van der Waals surface area contributed by atoms with Gasteiger partial charge in [0.05, 0.1) is 12.5 Å². The van der Waals surface area contributed by atoms with Crippen LogP contribution in [0.5, 0.6) is 0 Å². The second-order valence-corrected chi connectivity index (χ2v) is 5.70. The van der Waals surface area contributed by atoms with E-state index in [0.717, 1.165) is 17.8 Å². The predicted molar refractivity (Wildman–Crippen MR) is 86.4 cm³/mol. The molecule has 0 fully saturated rings. The van der Waals surface area contributed by atoms with Crippen LogP contribution in [0.2, 0.25) is 0 Å². The highest BCUT2D eigenvalue weighted by Gasteiger charge is 2.19. The van der Waals surface area contributed by atoms with Gasteiger partial charge in [-0.05, 0) is 48.1 Å². The lowest BCUT2D eigenvalue weighted by atomic mass is 9.83. The highest BCUT2D eigenvalue weighted by Crippen LogP contribution is 2.31. The number of anilines is 1. The molecule has 1 aliphatic rings. The summed E-state index contributed by atoms with van der Waals surface area (Å²) in [5, 5.41) is 12.2. The molecule has 106 valence electrons. The number of aryl methyl sites for hydroxylation is 1. The Balaban J connectivity index is 1.64. The largest absolute Gasteiger partial charge is 0.384 e. The van der Waals surface area contributed by atoms with E-state index in [1.165, 1.54) is 30.4 Å². The fraction of sp³-hybridized carbons (Fsp3) is 0.316. The van der Waals surface area contributed by atoms with Crippen molar-refractivity contribution >= 4 is 5.69 Å². The third-order valence-electron chi connectivity index (χ3n) is 4.28. The van der Waals surface area contributed by atoms with Crippen LogP contribution in [0, 0.1) is 11.3 Å². The van der Waals surface area contributed by atoms with E-state index in [1.54, 1.807) is 0 Å². The molecule has 0 heterocycles. The Bertz CT molecular complexity index is 637. The first-order chi connectivity index (χ1) is 10.4. The lowest BCUT2D eigenvalue weighted by molar-refractivity contribution is 0.572. The van der Waals surface area contributed by atoms with Gasteiger partial charge in [0.2, 0.25) is 0 Å². The summed E-state index contributed by atoms with van der Waals surface area (Å²) in [7, 11) is 0. The number of fused-ring (bicyclic) bond motifs is 1. The minimum atomic E-state index is 0.482. The number of hydrogen-bond acceptors (Lipinski definition) is 2. The first-order valence-electron chi connectivity index (χ1n) is 7.64. The van der Waals surface area contributed by atoms with Crippen molar-refractivity contribution in [2.45, 2.75) is 31.6 Å². The number of nitriles is 1. The molecule has 2 aromatic rings. The standard InChI is InChI=1S/C19H20N2/c20-13-12-15-8-10-18(11-9-15)21-14-17-6-3-5-16-4-1-2-7-19(16)17/h1-2,4,7-11,17,21H,3,5-6,12,14H2. The third kappa shape index (κ3) is 3.25. The molecule has 0 amide bonds. The van der Waals surface area contributed by atoms with Gasteiger partial charge in [0.15, 0.2) is 0 Å². The Morgan fingerprint density at radius 3 is 2.71 bits per heavy atom. The van der Waals surface area contributed by atoms with Crippen LogP contribution in [-0.2, 0) is 12.8 Å². The first kappa shape index (κ1) is 13.7. The Morgan fingerprint density at radius 1 is 1.10 bits per heavy atom. The quantitative estimate of drug-likeness (QED) is 0.904. The van der Waals surface area contributed by atoms with Gasteiger partial charge in [0, 0.05) is 18.2 Å². The second kappa shape index (κ2) is 6.45. The zero-order valence-electron chi connectivity index (χ0n) is 12.2. The number of benzene rings is 2. The van der Waals surface area contributed by atoms with Crippen LogP contribution < -0.4 is 5.32 Å². The molecule has 1 aliphatic carbocycles. The summed E-state index contributed by atoms with van der Waals surface area (Å²) >= 11 is 0. The van der Waals surface area contributed by atoms with Crippen LogP contribution in [0.4, 0.5) is 5.69 Å². The molecule has 0 saturated heterocycles. The van der Waals surface area contributed by atoms with Gasteiger partial charge in [-0.3, -0.25) is 0 Å². The van der Waals surface area contributed by atoms with Gasteiger partial charge in [0.1, 0.15) is 0 Å². The van der Waals surface area contributed by atoms with E-state index in [1.807, 2.05) is 12.1 Å². The number of nitrogens with one attached hydrogen (secondary N) is 1. The third-order valence-corrected chi connectivity index (χ3v) is 4.28. The van der Waals surface area contributed by atoms with E-state index in [4.69, 9.17) is 5.26 Å². The van der Waals surface area contributed by atoms with Crippen LogP contribution in [0.1, 0.15) is 35.4 Å². The summed E-state index contributed by atoms with van der Waals surface area (Å²) in [5.74, 6) is 0.605. The second-order valence-electron chi connectivity index (χ2n) is 5.70. The Kier molecular flexibility index (Phi) is 4.21. The van der Waals surface area contributed by atoms with E-state index in [2.05, 4.69) is 47.8 Å². The minimum absolute atomic E-state index is 0.482. The molecule has 1 unspecified atom stereocenters. The Morgan fingerprint density at radius 2 is 1.90 bits per heavy atom. The maximum Gasteiger partial charge on any atom is 0.0669 e. The molecule has 0 radical (unpaired) electrons. The van der Waals surface area contributed by atoms with E-state index in [9.17, 15) is 0 Å². The van der Waals surface area contributed by atoms with Gasteiger partial charge in [-0.15, -0.1) is 0 Å². The molecule has 0 spiro atoms. The molecule has 1 atom stereocenters. The minimum Gasteiger partial charge on any atom is -0.384 e. The van der Waals surface area contributed by atoms with Gasteiger partial charge in [-0.1, -0.05) is 36.4 Å². The van der Waals surface area contributed by atoms with Crippen molar-refractivity contribution < 1.29 is 0 Å². The molecule has 2 aromatic carbocycles. The predicted octanol–water partition coefficient (Wildman–Crippen LogP) is 4.28. The molecule has 3 rings (SSSR count). The Hall–Kier alpha value is -2.27. The van der Waals surface area contributed by atoms with Gasteiger partial charge in [-0.2, -0.15) is 5.26 Å². The smallest absolute Gasteiger partial charge is 0.0669 e. The van der Waals surface area contributed by atoms with Crippen LogP contribution in [0.25, 0.3) is 0 Å². The van der Waals surface area contributed by atoms with Crippen molar-refractivity contribution in [1.29, 1.82) is 5.26 Å². The van der Waals surface area contributed by atoms with Crippen molar-refractivity contribution in [3.05, 3.63) is 65.2 Å². The van der Waals surface area contributed by atoms with Gasteiger partial charge >= 0.3 is 0 Å². The molecule has 21 heavy (non-hydrogen) atoms. The van der Waals surface area contributed by atoms with Gasteiger partial charge < -0.3 is 5.32 Å². The molecule has 1 N–H and O–H groups in total. The molecule has 0 saturated carbocycles. The lowest BCUT2D eigenvalue weighted by Crippen LogP contribution is -2.18. The molecular weight excluding hydrogens is 256 g/mol. The maximum atomic E-state index is 8.69. The highest BCUT2D eigenvalue weighted by molar-refractivity contribution is 5.46. The number of hydrogen-bond donors (Lipinski definition) is 1. The fourth-order valence-corrected chi connectivity index (χ4v) is 3.14. The average Bonchev–Trinajstić information content (AvgIpc) is 2.54. The molecule has 2 heteroatoms. The van der Waals surface area contributed by atoms with Crippen LogP contribution in [-0.4, -0.2) is 6.54 Å². The van der Waals surface area contributed by atoms with Crippen LogP contribution in [0.15, 0.2) is 48.5 Å². The van der Waals surface area contributed by atoms with Crippen LogP contribution in [0.3, 0.4) is 0 Å². The lowest BCUT2D eigenvalue weighted by Gasteiger charge is -2.26. The van der Waals surface area contributed by atoms with E-state index in [0.29, 0.717) is 12.3 Å². The molecule has 2 nitrogen and oxygen atoms in total. The zero-order valence-corrected chi connectivity index (χ0v) is 12.2. The molecule has 0 aromatic heterocycles. The topological polar surface area (TPSA) is 35.8 Å². The summed E-state index contributed by atoms with van der Waals surface area (Å²) in [6.07, 6.45) is 4.24. The van der Waals surface area contributed by atoms with Crippen molar-refractivity contribution in [3.8, 4) is 6.07 Å². The van der Waals surface area contributed by atoms with Gasteiger partial charge in [-0.25, -0.2) is 0 Å². The number of rotatable bonds is 4. The highest BCUT2D eigenvalue weighted by atomic mass is 14.9. The van der Waals surface area contributed by atoms with E-state index in [-0.39, 0.29) is 0 Å². The summed E-state index contributed by atoms with van der Waals surface area (Å²) in [6, 6.07) is 19.2. The van der Waals surface area contributed by atoms with Crippen LogP contribution >= 0.6 is 0 Å². The van der Waals surface area contributed by atoms with Crippen molar-refractivity contribution in [1.82, 2.24) is 0 Å². The fourth-order valence-electron chi connectivity index (χ4n) is 3.14. The first-order valence-corrected chi connectivity index (χ1v) is 7.64. The molecular formula is C19H20N2.